The Balaban J connectivity index is 2.97. The Kier molecular flexibility index (Phi) is 5.99. The molecule has 1 aromatic rings. The summed E-state index contributed by atoms with van der Waals surface area (Å²) in [5, 5.41) is 3.22. The molecular formula is C15H25NO2. The maximum Gasteiger partial charge on any atom is 0.160 e. The molecule has 0 saturated carbocycles. The van der Waals surface area contributed by atoms with Crippen LogP contribution >= 0.6 is 0 Å². The van der Waals surface area contributed by atoms with Crippen molar-refractivity contribution >= 4 is 0 Å². The lowest BCUT2D eigenvalue weighted by molar-refractivity contribution is 0.353. The smallest absolute Gasteiger partial charge is 0.160 e. The lowest BCUT2D eigenvalue weighted by Crippen LogP contribution is -2.15. The molecular weight excluding hydrogens is 226 g/mol. The highest BCUT2D eigenvalue weighted by molar-refractivity contribution is 5.44. The summed E-state index contributed by atoms with van der Waals surface area (Å²) in [6.07, 6.45) is 1.13. The van der Waals surface area contributed by atoms with Gasteiger partial charge in [0.1, 0.15) is 0 Å². The monoisotopic (exact) mass is 251 g/mol. The molecule has 0 aliphatic carbocycles. The van der Waals surface area contributed by atoms with Crippen LogP contribution in [0.4, 0.5) is 0 Å². The Labute approximate surface area is 110 Å². The Bertz CT molecular complexity index is 364. The molecule has 1 atom stereocenters. The van der Waals surface area contributed by atoms with E-state index in [0.29, 0.717) is 11.8 Å². The minimum atomic E-state index is 0.539. The number of hydrogen-bond acceptors (Lipinski definition) is 3. The average molecular weight is 251 g/mol. The number of hydrogen-bond donors (Lipinski definition) is 1. The molecule has 3 nitrogen and oxygen atoms in total. The second kappa shape index (κ2) is 7.27. The molecule has 0 aliphatic rings. The molecule has 1 rings (SSSR count). The first kappa shape index (κ1) is 14.8. The molecule has 0 aliphatic heterocycles. The highest BCUT2D eigenvalue weighted by Crippen LogP contribution is 2.34. The van der Waals surface area contributed by atoms with E-state index in [0.717, 1.165) is 24.5 Å². The van der Waals surface area contributed by atoms with Crippen LogP contribution < -0.4 is 14.8 Å². The van der Waals surface area contributed by atoms with E-state index in [-0.39, 0.29) is 0 Å². The van der Waals surface area contributed by atoms with Gasteiger partial charge in [-0.15, -0.1) is 0 Å². The van der Waals surface area contributed by atoms with E-state index in [1.807, 2.05) is 13.1 Å². The maximum absolute atomic E-state index is 5.37. The lowest BCUT2D eigenvalue weighted by atomic mass is 9.85. The van der Waals surface area contributed by atoms with Crippen molar-refractivity contribution in [3.63, 3.8) is 0 Å². The molecule has 102 valence electrons. The number of benzene rings is 1. The Morgan fingerprint density at radius 1 is 1.11 bits per heavy atom. The fraction of sp³-hybridized carbons (Fsp3) is 0.600. The van der Waals surface area contributed by atoms with Gasteiger partial charge in [0.2, 0.25) is 0 Å². The van der Waals surface area contributed by atoms with E-state index >= 15 is 0 Å². The number of nitrogens with one attached hydrogen (secondary N) is 1. The number of methoxy groups -OCH3 is 2. The Morgan fingerprint density at radius 2 is 1.78 bits per heavy atom. The van der Waals surface area contributed by atoms with Crippen LogP contribution in [0.25, 0.3) is 0 Å². The summed E-state index contributed by atoms with van der Waals surface area (Å²) in [5.41, 5.74) is 1.32. The van der Waals surface area contributed by atoms with Crippen LogP contribution in [0.2, 0.25) is 0 Å². The molecule has 1 unspecified atom stereocenters. The highest BCUT2D eigenvalue weighted by atomic mass is 16.5. The molecule has 0 radical (unpaired) electrons. The van der Waals surface area contributed by atoms with Gasteiger partial charge >= 0.3 is 0 Å². The zero-order valence-corrected chi connectivity index (χ0v) is 12.1. The summed E-state index contributed by atoms with van der Waals surface area (Å²) in [6.45, 7) is 5.55. The number of rotatable bonds is 7. The molecule has 1 N–H and O–H groups in total. The third-order valence-corrected chi connectivity index (χ3v) is 3.35. The van der Waals surface area contributed by atoms with Crippen molar-refractivity contribution in [3.05, 3.63) is 23.8 Å². The average Bonchev–Trinajstić information content (AvgIpc) is 2.38. The fourth-order valence-corrected chi connectivity index (χ4v) is 2.27. The molecule has 0 spiro atoms. The largest absolute Gasteiger partial charge is 0.493 e. The molecule has 18 heavy (non-hydrogen) atoms. The van der Waals surface area contributed by atoms with Crippen molar-refractivity contribution in [1.29, 1.82) is 0 Å². The molecule has 0 heterocycles. The Morgan fingerprint density at radius 3 is 2.28 bits per heavy atom. The minimum Gasteiger partial charge on any atom is -0.493 e. The fourth-order valence-electron chi connectivity index (χ4n) is 2.27. The van der Waals surface area contributed by atoms with Gasteiger partial charge in [0.05, 0.1) is 14.2 Å². The first-order chi connectivity index (χ1) is 8.63. The highest BCUT2D eigenvalue weighted by Gasteiger charge is 2.17. The van der Waals surface area contributed by atoms with Gasteiger partial charge in [-0.05, 0) is 49.5 Å². The van der Waals surface area contributed by atoms with Crippen molar-refractivity contribution < 1.29 is 9.47 Å². The molecule has 1 aromatic carbocycles. The molecule has 0 amide bonds. The van der Waals surface area contributed by atoms with Crippen LogP contribution in [-0.4, -0.2) is 27.8 Å². The van der Waals surface area contributed by atoms with Gasteiger partial charge in [0, 0.05) is 0 Å². The first-order valence-electron chi connectivity index (χ1n) is 6.50. The Hall–Kier alpha value is -1.22. The van der Waals surface area contributed by atoms with Gasteiger partial charge in [-0.25, -0.2) is 0 Å². The van der Waals surface area contributed by atoms with E-state index in [2.05, 4.69) is 31.3 Å². The molecule has 3 heteroatoms. The maximum atomic E-state index is 5.37. The second-order valence-electron chi connectivity index (χ2n) is 4.86. The third kappa shape index (κ3) is 3.64. The topological polar surface area (TPSA) is 30.5 Å². The minimum absolute atomic E-state index is 0.539. The normalized spacial score (nSPS) is 12.6. The summed E-state index contributed by atoms with van der Waals surface area (Å²) in [7, 11) is 5.34. The van der Waals surface area contributed by atoms with Crippen LogP contribution in [-0.2, 0) is 0 Å². The summed E-state index contributed by atoms with van der Waals surface area (Å²) in [6, 6.07) is 6.23. The third-order valence-electron chi connectivity index (χ3n) is 3.35. The molecule has 0 fully saturated rings. The van der Waals surface area contributed by atoms with Crippen molar-refractivity contribution in [2.24, 2.45) is 5.92 Å². The van der Waals surface area contributed by atoms with Gasteiger partial charge in [0.25, 0.3) is 0 Å². The summed E-state index contributed by atoms with van der Waals surface area (Å²) in [4.78, 5) is 0. The van der Waals surface area contributed by atoms with Gasteiger partial charge in [-0.3, -0.25) is 0 Å². The van der Waals surface area contributed by atoms with Crippen LogP contribution in [0.1, 0.15) is 31.7 Å². The molecule has 0 bridgehead atoms. The van der Waals surface area contributed by atoms with Gasteiger partial charge in [-0.2, -0.15) is 0 Å². The van der Waals surface area contributed by atoms with E-state index in [1.165, 1.54) is 5.56 Å². The summed E-state index contributed by atoms with van der Waals surface area (Å²) in [5.74, 6) is 2.75. The lowest BCUT2D eigenvalue weighted by Gasteiger charge is -2.22. The van der Waals surface area contributed by atoms with E-state index in [9.17, 15) is 0 Å². The van der Waals surface area contributed by atoms with Gasteiger partial charge in [0.15, 0.2) is 11.5 Å². The van der Waals surface area contributed by atoms with E-state index in [1.54, 1.807) is 14.2 Å². The first-order valence-corrected chi connectivity index (χ1v) is 6.50. The second-order valence-corrected chi connectivity index (χ2v) is 4.86. The standard InChI is InChI=1S/C15H25NO2/c1-11(2)13(8-9-16-3)12-6-7-14(17-4)15(10-12)18-5/h6-7,10-11,13,16H,8-9H2,1-5H3. The SMILES string of the molecule is CNCCC(c1ccc(OC)c(OC)c1)C(C)C. The summed E-state index contributed by atoms with van der Waals surface area (Å²) >= 11 is 0. The summed E-state index contributed by atoms with van der Waals surface area (Å²) < 4.78 is 10.6. The molecule has 0 aromatic heterocycles. The van der Waals surface area contributed by atoms with E-state index < -0.39 is 0 Å². The van der Waals surface area contributed by atoms with Gasteiger partial charge in [-0.1, -0.05) is 19.9 Å². The van der Waals surface area contributed by atoms with E-state index in [4.69, 9.17) is 9.47 Å². The van der Waals surface area contributed by atoms with Crippen molar-refractivity contribution in [3.8, 4) is 11.5 Å². The predicted molar refractivity (Wildman–Crippen MR) is 75.7 cm³/mol. The van der Waals surface area contributed by atoms with Crippen LogP contribution in [0.15, 0.2) is 18.2 Å². The zero-order valence-electron chi connectivity index (χ0n) is 12.1. The van der Waals surface area contributed by atoms with Gasteiger partial charge < -0.3 is 14.8 Å². The quantitative estimate of drug-likeness (QED) is 0.808. The van der Waals surface area contributed by atoms with Crippen molar-refractivity contribution in [2.75, 3.05) is 27.8 Å². The van der Waals surface area contributed by atoms with Crippen LogP contribution in [0.5, 0.6) is 11.5 Å². The molecule has 0 saturated heterocycles. The van der Waals surface area contributed by atoms with Crippen LogP contribution in [0.3, 0.4) is 0 Å². The zero-order chi connectivity index (χ0) is 13.5. The van der Waals surface area contributed by atoms with Crippen molar-refractivity contribution in [2.45, 2.75) is 26.2 Å². The number of ether oxygens (including phenoxy) is 2. The van der Waals surface area contributed by atoms with Crippen molar-refractivity contribution in [1.82, 2.24) is 5.32 Å². The van der Waals surface area contributed by atoms with Crippen LogP contribution in [0, 0.1) is 5.92 Å². The predicted octanol–water partition coefficient (Wildman–Crippen LogP) is 3.05.